The second-order valence-electron chi connectivity index (χ2n) is 6.85. The zero-order valence-electron chi connectivity index (χ0n) is 17.9. The number of benzene rings is 2. The minimum Gasteiger partial charge on any atom is -0.492 e. The summed E-state index contributed by atoms with van der Waals surface area (Å²) in [5.41, 5.74) is 3.15. The SMILES string of the molecule is CCNC(=NCCc1c[nH]c2ccccc12)NCCOc1cccc(NC(C)=O)c1.I. The van der Waals surface area contributed by atoms with Gasteiger partial charge in [-0.3, -0.25) is 9.79 Å². The number of ether oxygens (including phenoxy) is 1. The molecule has 2 aromatic carbocycles. The van der Waals surface area contributed by atoms with Crippen molar-refractivity contribution < 1.29 is 9.53 Å². The van der Waals surface area contributed by atoms with E-state index in [-0.39, 0.29) is 29.9 Å². The fourth-order valence-corrected chi connectivity index (χ4v) is 3.17. The topological polar surface area (TPSA) is 90.5 Å². The van der Waals surface area contributed by atoms with Gasteiger partial charge in [0, 0.05) is 48.9 Å². The molecule has 0 unspecified atom stereocenters. The summed E-state index contributed by atoms with van der Waals surface area (Å²) in [4.78, 5) is 19.1. The Bertz CT molecular complexity index is 1000. The number of rotatable bonds is 9. The number of halogens is 1. The molecular formula is C23H30IN5O2. The molecule has 0 spiro atoms. The zero-order valence-corrected chi connectivity index (χ0v) is 20.2. The largest absolute Gasteiger partial charge is 0.492 e. The number of nitrogens with one attached hydrogen (secondary N) is 4. The van der Waals surface area contributed by atoms with Crippen molar-refractivity contribution in [2.45, 2.75) is 20.3 Å². The lowest BCUT2D eigenvalue weighted by molar-refractivity contribution is -0.114. The van der Waals surface area contributed by atoms with Crippen molar-refractivity contribution in [2.24, 2.45) is 4.99 Å². The number of anilines is 1. The van der Waals surface area contributed by atoms with Crippen LogP contribution in [0.5, 0.6) is 5.75 Å². The Morgan fingerprint density at radius 3 is 2.77 bits per heavy atom. The third kappa shape index (κ3) is 7.78. The highest BCUT2D eigenvalue weighted by Crippen LogP contribution is 2.18. The number of hydrogen-bond donors (Lipinski definition) is 4. The average molecular weight is 535 g/mol. The Labute approximate surface area is 200 Å². The first-order valence-electron chi connectivity index (χ1n) is 10.2. The fraction of sp³-hybridized carbons (Fsp3) is 0.304. The third-order valence-electron chi connectivity index (χ3n) is 4.49. The molecule has 31 heavy (non-hydrogen) atoms. The molecule has 0 radical (unpaired) electrons. The number of carbonyl (C=O) groups excluding carboxylic acids is 1. The molecule has 3 aromatic rings. The number of fused-ring (bicyclic) bond motifs is 1. The molecular weight excluding hydrogens is 505 g/mol. The molecule has 0 bridgehead atoms. The van der Waals surface area contributed by atoms with Crippen LogP contribution in [0.15, 0.2) is 59.7 Å². The number of guanidine groups is 1. The molecule has 7 nitrogen and oxygen atoms in total. The van der Waals surface area contributed by atoms with E-state index in [0.717, 1.165) is 30.1 Å². The molecule has 0 aliphatic rings. The normalized spacial score (nSPS) is 11.0. The van der Waals surface area contributed by atoms with E-state index in [1.807, 2.05) is 37.3 Å². The summed E-state index contributed by atoms with van der Waals surface area (Å²) < 4.78 is 5.77. The van der Waals surface area contributed by atoms with Crippen molar-refractivity contribution >= 4 is 52.4 Å². The number of nitrogens with zero attached hydrogens (tertiary/aromatic N) is 1. The van der Waals surface area contributed by atoms with Crippen LogP contribution in [-0.2, 0) is 11.2 Å². The monoisotopic (exact) mass is 535 g/mol. The second-order valence-corrected chi connectivity index (χ2v) is 6.85. The number of aromatic nitrogens is 1. The molecule has 0 fully saturated rings. The maximum atomic E-state index is 11.2. The van der Waals surface area contributed by atoms with E-state index >= 15 is 0 Å². The number of para-hydroxylation sites is 1. The zero-order chi connectivity index (χ0) is 21.2. The summed E-state index contributed by atoms with van der Waals surface area (Å²) in [7, 11) is 0. The van der Waals surface area contributed by atoms with E-state index in [1.54, 1.807) is 0 Å². The number of hydrogen-bond acceptors (Lipinski definition) is 3. The van der Waals surface area contributed by atoms with E-state index in [2.05, 4.69) is 50.3 Å². The van der Waals surface area contributed by atoms with Gasteiger partial charge in [0.2, 0.25) is 5.91 Å². The molecule has 1 aromatic heterocycles. The molecule has 0 aliphatic heterocycles. The molecule has 0 saturated carbocycles. The number of H-pyrrole nitrogens is 1. The van der Waals surface area contributed by atoms with Crippen LogP contribution in [0.2, 0.25) is 0 Å². The van der Waals surface area contributed by atoms with Crippen LogP contribution in [0.4, 0.5) is 5.69 Å². The molecule has 8 heteroatoms. The molecule has 1 amide bonds. The molecule has 0 saturated heterocycles. The van der Waals surface area contributed by atoms with Gasteiger partial charge in [0.05, 0.1) is 6.54 Å². The average Bonchev–Trinajstić information content (AvgIpc) is 3.14. The number of aliphatic imine (C=N–C) groups is 1. The second kappa shape index (κ2) is 12.8. The Morgan fingerprint density at radius 1 is 1.13 bits per heavy atom. The van der Waals surface area contributed by atoms with Crippen molar-refractivity contribution in [3.8, 4) is 5.75 Å². The highest BCUT2D eigenvalue weighted by Gasteiger charge is 2.03. The maximum absolute atomic E-state index is 11.2. The smallest absolute Gasteiger partial charge is 0.221 e. The molecule has 0 atom stereocenters. The number of amides is 1. The van der Waals surface area contributed by atoms with Crippen LogP contribution in [-0.4, -0.2) is 43.1 Å². The highest BCUT2D eigenvalue weighted by molar-refractivity contribution is 14.0. The van der Waals surface area contributed by atoms with E-state index in [4.69, 9.17) is 4.74 Å². The van der Waals surface area contributed by atoms with Gasteiger partial charge in [-0.25, -0.2) is 0 Å². The lowest BCUT2D eigenvalue weighted by Crippen LogP contribution is -2.39. The number of carbonyl (C=O) groups is 1. The predicted octanol–water partition coefficient (Wildman–Crippen LogP) is 3.92. The minimum atomic E-state index is -0.104. The number of aromatic amines is 1. The van der Waals surface area contributed by atoms with Crippen molar-refractivity contribution in [3.05, 3.63) is 60.3 Å². The Kier molecular flexibility index (Phi) is 10.2. The van der Waals surface area contributed by atoms with Crippen molar-refractivity contribution in [2.75, 3.05) is 31.6 Å². The van der Waals surface area contributed by atoms with E-state index in [1.165, 1.54) is 17.9 Å². The van der Waals surface area contributed by atoms with Gasteiger partial charge >= 0.3 is 0 Å². The lowest BCUT2D eigenvalue weighted by Gasteiger charge is -2.12. The van der Waals surface area contributed by atoms with Gasteiger partial charge in [0.15, 0.2) is 5.96 Å². The van der Waals surface area contributed by atoms with E-state index in [0.29, 0.717) is 25.4 Å². The molecule has 166 valence electrons. The third-order valence-corrected chi connectivity index (χ3v) is 4.49. The van der Waals surface area contributed by atoms with Crippen LogP contribution in [0, 0.1) is 0 Å². The van der Waals surface area contributed by atoms with Crippen LogP contribution in [0.3, 0.4) is 0 Å². The minimum absolute atomic E-state index is 0. The summed E-state index contributed by atoms with van der Waals surface area (Å²) in [5, 5.41) is 10.5. The first-order chi connectivity index (χ1) is 14.7. The predicted molar refractivity (Wildman–Crippen MR) is 138 cm³/mol. The molecule has 3 rings (SSSR count). The van der Waals surface area contributed by atoms with Gasteiger partial charge in [-0.15, -0.1) is 24.0 Å². The van der Waals surface area contributed by atoms with Crippen molar-refractivity contribution in [1.82, 2.24) is 15.6 Å². The summed E-state index contributed by atoms with van der Waals surface area (Å²) >= 11 is 0. The van der Waals surface area contributed by atoms with Crippen LogP contribution in [0.25, 0.3) is 10.9 Å². The lowest BCUT2D eigenvalue weighted by atomic mass is 10.1. The first kappa shape index (κ1) is 24.5. The molecule has 0 aliphatic carbocycles. The Balaban J connectivity index is 0.00000341. The van der Waals surface area contributed by atoms with Crippen LogP contribution < -0.4 is 20.7 Å². The van der Waals surface area contributed by atoms with Crippen LogP contribution in [0.1, 0.15) is 19.4 Å². The summed E-state index contributed by atoms with van der Waals surface area (Å²) in [5.74, 6) is 1.38. The van der Waals surface area contributed by atoms with Crippen LogP contribution >= 0.6 is 24.0 Å². The standard InChI is InChI=1S/C23H29N5O2.HI/c1-3-24-23(25-12-11-18-16-27-22-10-5-4-9-21(18)22)26-13-14-30-20-8-6-7-19(15-20)28-17(2)29;/h4-10,15-16,27H,3,11-14H2,1-2H3,(H,28,29)(H2,24,25,26);1H. The molecule has 4 N–H and O–H groups in total. The molecule has 1 heterocycles. The van der Waals surface area contributed by atoms with Gasteiger partial charge in [-0.2, -0.15) is 0 Å². The Hall–Kier alpha value is -2.75. The maximum Gasteiger partial charge on any atom is 0.221 e. The van der Waals surface area contributed by atoms with Crippen molar-refractivity contribution in [1.29, 1.82) is 0 Å². The van der Waals surface area contributed by atoms with Gasteiger partial charge in [-0.1, -0.05) is 24.3 Å². The van der Waals surface area contributed by atoms with Crippen molar-refractivity contribution in [3.63, 3.8) is 0 Å². The Morgan fingerprint density at radius 2 is 1.97 bits per heavy atom. The van der Waals surface area contributed by atoms with Gasteiger partial charge < -0.3 is 25.7 Å². The quantitative estimate of drug-likeness (QED) is 0.145. The summed E-state index contributed by atoms with van der Waals surface area (Å²) in [6, 6.07) is 15.7. The fourth-order valence-electron chi connectivity index (χ4n) is 3.17. The van der Waals surface area contributed by atoms with Gasteiger partial charge in [0.1, 0.15) is 12.4 Å². The van der Waals surface area contributed by atoms with E-state index in [9.17, 15) is 4.79 Å². The summed E-state index contributed by atoms with van der Waals surface area (Å²) in [6.45, 7) is 6.10. The highest BCUT2D eigenvalue weighted by atomic mass is 127. The van der Waals surface area contributed by atoms with Gasteiger partial charge in [0.25, 0.3) is 0 Å². The first-order valence-corrected chi connectivity index (χ1v) is 10.2. The summed E-state index contributed by atoms with van der Waals surface area (Å²) in [6.07, 6.45) is 2.93. The van der Waals surface area contributed by atoms with E-state index < -0.39 is 0 Å². The van der Waals surface area contributed by atoms with Gasteiger partial charge in [-0.05, 0) is 37.1 Å².